The van der Waals surface area contributed by atoms with E-state index in [0.717, 1.165) is 72.3 Å². The number of benzene rings is 8. The van der Waals surface area contributed by atoms with Gasteiger partial charge in [0.25, 0.3) is 0 Å². The topological polar surface area (TPSA) is 38.9 Å². The van der Waals surface area contributed by atoms with Gasteiger partial charge >= 0.3 is 0 Å². The van der Waals surface area contributed by atoms with Crippen LogP contribution in [0.3, 0.4) is 0 Å². The zero-order valence-corrected chi connectivity index (χ0v) is 32.3. The first-order valence-electron chi connectivity index (χ1n) is 19.9. The van der Waals surface area contributed by atoms with Crippen LogP contribution in [0.4, 0.5) is 0 Å². The Morgan fingerprint density at radius 1 is 0.379 bits per heavy atom. The molecule has 1 aliphatic carbocycles. The van der Waals surface area contributed by atoms with Crippen LogP contribution in [0.1, 0.15) is 25.0 Å². The maximum atomic E-state index is 6.60. The zero-order valence-electron chi connectivity index (χ0n) is 32.3. The summed E-state index contributed by atoms with van der Waals surface area (Å²) in [6.07, 6.45) is 0. The normalized spacial score (nSPS) is 12.8. The van der Waals surface area contributed by atoms with Gasteiger partial charge in [-0.25, -0.2) is 9.97 Å². The molecule has 58 heavy (non-hydrogen) atoms. The standard InChI is InChI=1S/C55H38N2O/c1-55(2)47-24-11-9-20-46(47)52-42(21-14-25-48(52)55)36-29-27-35(28-30-36)39-31-40(43-22-13-23-45-44-19-10-12-26-51(44)58-53(43)45)33-41(32-39)50-34-49(37-15-5-3-6-16-37)56-54(57-50)38-17-7-4-8-18-38/h3-34H,1-2H3. The SMILES string of the molecule is CC1(C)c2ccccc2-c2c(-c3ccc(-c4cc(-c5cc(-c6ccccc6)nc(-c6ccccc6)n5)cc(-c5cccc6c5oc5ccccc56)c4)cc3)cccc21. The van der Waals surface area contributed by atoms with E-state index >= 15 is 0 Å². The lowest BCUT2D eigenvalue weighted by atomic mass is 9.82. The fourth-order valence-corrected chi connectivity index (χ4v) is 8.98. The van der Waals surface area contributed by atoms with E-state index in [1.165, 1.54) is 33.4 Å². The number of para-hydroxylation sites is 2. The van der Waals surface area contributed by atoms with Gasteiger partial charge in [0, 0.05) is 38.4 Å². The highest BCUT2D eigenvalue weighted by Crippen LogP contribution is 2.52. The van der Waals surface area contributed by atoms with Crippen molar-refractivity contribution in [1.82, 2.24) is 9.97 Å². The van der Waals surface area contributed by atoms with Crippen LogP contribution < -0.4 is 0 Å². The van der Waals surface area contributed by atoms with Crippen LogP contribution in [0.5, 0.6) is 0 Å². The van der Waals surface area contributed by atoms with E-state index in [9.17, 15) is 0 Å². The fraction of sp³-hybridized carbons (Fsp3) is 0.0545. The van der Waals surface area contributed by atoms with Gasteiger partial charge in [0.15, 0.2) is 5.82 Å². The maximum absolute atomic E-state index is 6.60. The number of aromatic nitrogens is 2. The Morgan fingerprint density at radius 2 is 0.948 bits per heavy atom. The molecule has 0 atom stereocenters. The van der Waals surface area contributed by atoms with Gasteiger partial charge in [0.2, 0.25) is 0 Å². The second kappa shape index (κ2) is 13.4. The van der Waals surface area contributed by atoms with Crippen molar-refractivity contribution >= 4 is 21.9 Å². The van der Waals surface area contributed by atoms with Crippen LogP contribution in [-0.2, 0) is 5.41 Å². The number of fused-ring (bicyclic) bond motifs is 6. The first-order chi connectivity index (χ1) is 28.5. The Kier molecular flexibility index (Phi) is 7.84. The molecule has 2 heterocycles. The minimum absolute atomic E-state index is 0.0524. The lowest BCUT2D eigenvalue weighted by Gasteiger charge is -2.21. The van der Waals surface area contributed by atoms with Crippen molar-refractivity contribution in [2.24, 2.45) is 0 Å². The molecule has 1 aliphatic rings. The monoisotopic (exact) mass is 742 g/mol. The van der Waals surface area contributed by atoms with Gasteiger partial charge in [-0.3, -0.25) is 0 Å². The third kappa shape index (κ3) is 5.58. The predicted molar refractivity (Wildman–Crippen MR) is 239 cm³/mol. The molecule has 8 aromatic carbocycles. The summed E-state index contributed by atoms with van der Waals surface area (Å²) in [4.78, 5) is 10.3. The Balaban J connectivity index is 1.10. The summed E-state index contributed by atoms with van der Waals surface area (Å²) in [5.41, 5.74) is 18.6. The van der Waals surface area contributed by atoms with Crippen LogP contribution in [0.2, 0.25) is 0 Å². The highest BCUT2D eigenvalue weighted by molar-refractivity contribution is 6.10. The Hall–Kier alpha value is -7.36. The first kappa shape index (κ1) is 33.9. The molecule has 11 rings (SSSR count). The number of nitrogens with zero attached hydrogens (tertiary/aromatic N) is 2. The van der Waals surface area contributed by atoms with Crippen LogP contribution in [-0.4, -0.2) is 9.97 Å². The molecule has 10 aromatic rings. The smallest absolute Gasteiger partial charge is 0.160 e. The summed E-state index contributed by atoms with van der Waals surface area (Å²) < 4.78 is 6.60. The van der Waals surface area contributed by atoms with E-state index in [2.05, 4.69) is 172 Å². The molecule has 0 spiro atoms. The Morgan fingerprint density at radius 3 is 1.76 bits per heavy atom. The predicted octanol–water partition coefficient (Wildman–Crippen LogP) is 14.7. The minimum Gasteiger partial charge on any atom is -0.455 e. The van der Waals surface area contributed by atoms with Crippen LogP contribution >= 0.6 is 0 Å². The Bertz CT molecular complexity index is 3120. The van der Waals surface area contributed by atoms with E-state index < -0.39 is 0 Å². The van der Waals surface area contributed by atoms with Gasteiger partial charge in [-0.05, 0) is 80.4 Å². The molecule has 0 aliphatic heterocycles. The summed E-state index contributed by atoms with van der Waals surface area (Å²) in [5.74, 6) is 0.688. The average Bonchev–Trinajstić information content (AvgIpc) is 3.79. The minimum atomic E-state index is -0.0524. The summed E-state index contributed by atoms with van der Waals surface area (Å²) >= 11 is 0. The van der Waals surface area contributed by atoms with Gasteiger partial charge in [0.05, 0.1) is 11.4 Å². The molecule has 3 heteroatoms. The van der Waals surface area contributed by atoms with Gasteiger partial charge in [-0.15, -0.1) is 0 Å². The molecule has 0 N–H and O–H groups in total. The summed E-state index contributed by atoms with van der Waals surface area (Å²) in [5, 5.41) is 2.21. The molecule has 0 saturated carbocycles. The van der Waals surface area contributed by atoms with Gasteiger partial charge in [-0.2, -0.15) is 0 Å². The fourth-order valence-electron chi connectivity index (χ4n) is 8.98. The molecular weight excluding hydrogens is 705 g/mol. The van der Waals surface area contributed by atoms with Crippen LogP contribution in [0, 0.1) is 0 Å². The molecule has 0 saturated heterocycles. The number of furan rings is 1. The first-order valence-corrected chi connectivity index (χ1v) is 19.9. The average molecular weight is 743 g/mol. The molecule has 0 unspecified atom stereocenters. The zero-order chi connectivity index (χ0) is 38.8. The maximum Gasteiger partial charge on any atom is 0.160 e. The Labute approximate surface area is 338 Å². The molecule has 0 radical (unpaired) electrons. The summed E-state index contributed by atoms with van der Waals surface area (Å²) in [7, 11) is 0. The van der Waals surface area contributed by atoms with Crippen molar-refractivity contribution in [3.63, 3.8) is 0 Å². The highest BCUT2D eigenvalue weighted by atomic mass is 16.3. The second-order valence-electron chi connectivity index (χ2n) is 15.7. The van der Waals surface area contributed by atoms with Crippen molar-refractivity contribution in [3.05, 3.63) is 205 Å². The van der Waals surface area contributed by atoms with Crippen molar-refractivity contribution in [2.75, 3.05) is 0 Å². The van der Waals surface area contributed by atoms with Crippen LogP contribution in [0.25, 0.3) is 100 Å². The van der Waals surface area contributed by atoms with E-state index in [4.69, 9.17) is 14.4 Å². The van der Waals surface area contributed by atoms with Crippen molar-refractivity contribution in [1.29, 1.82) is 0 Å². The van der Waals surface area contributed by atoms with Gasteiger partial charge < -0.3 is 4.42 Å². The molecule has 0 amide bonds. The third-order valence-electron chi connectivity index (χ3n) is 11.9. The molecule has 0 fully saturated rings. The van der Waals surface area contributed by atoms with Gasteiger partial charge in [0.1, 0.15) is 11.2 Å². The quantitative estimate of drug-likeness (QED) is 0.170. The number of hydrogen-bond acceptors (Lipinski definition) is 3. The molecule has 3 nitrogen and oxygen atoms in total. The van der Waals surface area contributed by atoms with E-state index in [0.29, 0.717) is 5.82 Å². The lowest BCUT2D eigenvalue weighted by Crippen LogP contribution is -2.14. The van der Waals surface area contributed by atoms with Crippen LogP contribution in [0.15, 0.2) is 199 Å². The van der Waals surface area contributed by atoms with Gasteiger partial charge in [-0.1, -0.05) is 178 Å². The third-order valence-corrected chi connectivity index (χ3v) is 11.9. The molecule has 274 valence electrons. The van der Waals surface area contributed by atoms with Crippen molar-refractivity contribution in [2.45, 2.75) is 19.3 Å². The van der Waals surface area contributed by atoms with E-state index in [-0.39, 0.29) is 5.41 Å². The van der Waals surface area contributed by atoms with E-state index in [1.54, 1.807) is 0 Å². The number of hydrogen-bond donors (Lipinski definition) is 0. The second-order valence-corrected chi connectivity index (χ2v) is 15.7. The molecular formula is C55H38N2O. The molecule has 2 aromatic heterocycles. The van der Waals surface area contributed by atoms with E-state index in [1.807, 2.05) is 36.4 Å². The highest BCUT2D eigenvalue weighted by Gasteiger charge is 2.36. The van der Waals surface area contributed by atoms with Crippen molar-refractivity contribution < 1.29 is 4.42 Å². The largest absolute Gasteiger partial charge is 0.455 e. The summed E-state index contributed by atoms with van der Waals surface area (Å²) in [6, 6.07) is 68.9. The summed E-state index contributed by atoms with van der Waals surface area (Å²) in [6.45, 7) is 4.68. The number of rotatable bonds is 6. The lowest BCUT2D eigenvalue weighted by molar-refractivity contribution is 0.660. The van der Waals surface area contributed by atoms with Crippen molar-refractivity contribution in [3.8, 4) is 78.4 Å². The molecule has 0 bridgehead atoms.